The van der Waals surface area contributed by atoms with Crippen LogP contribution in [0, 0.1) is 21.4 Å². The van der Waals surface area contributed by atoms with Gasteiger partial charge < -0.3 is 24.6 Å². The van der Waals surface area contributed by atoms with Crippen LogP contribution in [0.25, 0.3) is 16.6 Å². The van der Waals surface area contributed by atoms with Crippen LogP contribution in [0.2, 0.25) is 5.02 Å². The van der Waals surface area contributed by atoms with E-state index in [2.05, 4.69) is 55.4 Å². The number of hydrogen-bond acceptors (Lipinski definition) is 11. The summed E-state index contributed by atoms with van der Waals surface area (Å²) in [5, 5.41) is 24.2. The summed E-state index contributed by atoms with van der Waals surface area (Å²) >= 11 is 6.26. The number of rotatable bonds is 13. The summed E-state index contributed by atoms with van der Waals surface area (Å²) in [4.78, 5) is 40.1. The van der Waals surface area contributed by atoms with Crippen molar-refractivity contribution in [2.75, 3.05) is 57.3 Å². The number of aliphatic hydroxyl groups is 1. The van der Waals surface area contributed by atoms with Crippen LogP contribution >= 0.6 is 11.6 Å². The maximum atomic E-state index is 14.1. The topological polar surface area (TPSA) is 174 Å². The van der Waals surface area contributed by atoms with Crippen LogP contribution in [0.3, 0.4) is 0 Å². The number of piperazine rings is 1. The molecule has 1 amide bonds. The monoisotopic (exact) mass is 935 g/mol. The van der Waals surface area contributed by atoms with Gasteiger partial charge in [0.25, 0.3) is 21.6 Å². The van der Waals surface area contributed by atoms with E-state index in [0.717, 1.165) is 100 Å². The zero-order chi connectivity index (χ0) is 46.4. The van der Waals surface area contributed by atoms with Crippen molar-refractivity contribution in [3.63, 3.8) is 0 Å². The third-order valence-corrected chi connectivity index (χ3v) is 15.7. The van der Waals surface area contributed by atoms with Gasteiger partial charge in [-0.2, -0.15) is 0 Å². The molecular weight excluding hydrogens is 878 g/mol. The van der Waals surface area contributed by atoms with Gasteiger partial charge in [0.15, 0.2) is 0 Å². The van der Waals surface area contributed by atoms with E-state index in [1.165, 1.54) is 29.0 Å². The van der Waals surface area contributed by atoms with Crippen molar-refractivity contribution in [3.05, 3.63) is 122 Å². The van der Waals surface area contributed by atoms with Gasteiger partial charge in [0.2, 0.25) is 0 Å². The number of carbonyl (C=O) groups excluding carboxylic acids is 1. The number of ether oxygens (including phenoxy) is 1. The molecule has 0 spiro atoms. The minimum atomic E-state index is -4.57. The molecule has 2 aromatic heterocycles. The molecule has 2 fully saturated rings. The highest BCUT2D eigenvalue weighted by Crippen LogP contribution is 2.44. The van der Waals surface area contributed by atoms with Crippen LogP contribution in [0.15, 0.2) is 89.6 Å². The summed E-state index contributed by atoms with van der Waals surface area (Å²) in [6.45, 7) is 12.9. The summed E-state index contributed by atoms with van der Waals surface area (Å²) in [7, 11) is -4.57. The second-order valence-electron chi connectivity index (χ2n) is 19.7. The minimum Gasteiger partial charge on any atom is -0.455 e. The Kier molecular flexibility index (Phi) is 12.8. The molecule has 0 bridgehead atoms. The number of benzene rings is 3. The predicted molar refractivity (Wildman–Crippen MR) is 257 cm³/mol. The SMILES string of the molecule is CC1(C)CCC(CN2CCN(c3ccc(C(=O)NS(=O)(=O)c4cc5c(c([N+](=O)[O-])c4)C[C@@H](CCN4CCC(C)(O)CC4)C5)c(Oc4cnc5[nH]ccc5c4)c3)CC2)=C(c2ccc(Cl)cc2)C1. The van der Waals surface area contributed by atoms with Crippen molar-refractivity contribution in [2.24, 2.45) is 11.3 Å². The quantitative estimate of drug-likeness (QED) is 0.0761. The Balaban J connectivity index is 0.920. The first-order valence-electron chi connectivity index (χ1n) is 23.0. The molecule has 1 atom stereocenters. The molecule has 3 aromatic carbocycles. The average molecular weight is 937 g/mol. The number of amides is 1. The van der Waals surface area contributed by atoms with Gasteiger partial charge in [0.05, 0.1) is 27.2 Å². The lowest BCUT2D eigenvalue weighted by molar-refractivity contribution is -0.385. The van der Waals surface area contributed by atoms with Crippen molar-refractivity contribution in [1.29, 1.82) is 0 Å². The van der Waals surface area contributed by atoms with Crippen molar-refractivity contribution in [2.45, 2.75) is 82.6 Å². The van der Waals surface area contributed by atoms with Gasteiger partial charge in [-0.25, -0.2) is 18.1 Å². The molecule has 0 unspecified atom stereocenters. The smallest absolute Gasteiger partial charge is 0.274 e. The first-order valence-corrected chi connectivity index (χ1v) is 24.8. The zero-order valence-electron chi connectivity index (χ0n) is 37.8. The van der Waals surface area contributed by atoms with Crippen LogP contribution < -0.4 is 14.4 Å². The van der Waals surface area contributed by atoms with Gasteiger partial charge in [0, 0.05) is 85.8 Å². The third kappa shape index (κ3) is 10.3. The number of allylic oxidation sites excluding steroid dienone is 1. The normalized spacial score (nSPS) is 20.1. The van der Waals surface area contributed by atoms with E-state index in [4.69, 9.17) is 16.3 Å². The summed E-state index contributed by atoms with van der Waals surface area (Å²) in [6.07, 6.45) is 9.63. The molecule has 0 radical (unpaired) electrons. The van der Waals surface area contributed by atoms with E-state index in [1.54, 1.807) is 30.5 Å². The highest BCUT2D eigenvalue weighted by Gasteiger charge is 2.35. The number of pyridine rings is 1. The maximum Gasteiger partial charge on any atom is 0.274 e. The summed E-state index contributed by atoms with van der Waals surface area (Å²) in [6, 6.07) is 19.5. The number of piperidine rings is 1. The van der Waals surface area contributed by atoms with Crippen molar-refractivity contribution < 1.29 is 28.0 Å². The molecule has 2 aliphatic carbocycles. The molecule has 348 valence electrons. The molecular formula is C50H58ClN7O7S. The molecule has 9 rings (SSSR count). The Morgan fingerprint density at radius 2 is 1.73 bits per heavy atom. The molecule has 16 heteroatoms. The summed E-state index contributed by atoms with van der Waals surface area (Å²) in [5.74, 6) is -0.330. The lowest BCUT2D eigenvalue weighted by Gasteiger charge is -2.39. The molecule has 14 nitrogen and oxygen atoms in total. The lowest BCUT2D eigenvalue weighted by Crippen LogP contribution is -2.47. The van der Waals surface area contributed by atoms with Gasteiger partial charge in [-0.05, 0) is 135 Å². The molecule has 66 heavy (non-hydrogen) atoms. The number of nitrogens with zero attached hydrogens (tertiary/aromatic N) is 5. The number of H-pyrrole nitrogens is 1. The number of likely N-dealkylation sites (tertiary alicyclic amines) is 1. The van der Waals surface area contributed by atoms with E-state index in [1.807, 2.05) is 25.1 Å². The van der Waals surface area contributed by atoms with E-state index >= 15 is 0 Å². The number of aromatic amines is 1. The number of anilines is 1. The number of nitro benzene ring substituents is 1. The Hall–Kier alpha value is -5.32. The molecule has 2 saturated heterocycles. The fraction of sp³-hybridized carbons (Fsp3) is 0.440. The predicted octanol–water partition coefficient (Wildman–Crippen LogP) is 8.77. The zero-order valence-corrected chi connectivity index (χ0v) is 39.4. The van der Waals surface area contributed by atoms with E-state index in [-0.39, 0.29) is 33.2 Å². The van der Waals surface area contributed by atoms with Crippen LogP contribution in [0.1, 0.15) is 86.3 Å². The fourth-order valence-corrected chi connectivity index (χ4v) is 11.3. The van der Waals surface area contributed by atoms with Crippen molar-refractivity contribution in [1.82, 2.24) is 24.5 Å². The number of carbonyl (C=O) groups is 1. The first-order chi connectivity index (χ1) is 31.5. The second kappa shape index (κ2) is 18.4. The Morgan fingerprint density at radius 1 is 0.970 bits per heavy atom. The Labute approximate surface area is 391 Å². The van der Waals surface area contributed by atoms with Crippen LogP contribution in [0.5, 0.6) is 11.5 Å². The van der Waals surface area contributed by atoms with Crippen LogP contribution in [-0.2, 0) is 22.9 Å². The molecule has 3 N–H and O–H groups in total. The van der Waals surface area contributed by atoms with Gasteiger partial charge in [-0.1, -0.05) is 43.2 Å². The molecule has 4 aliphatic rings. The number of nitrogens with one attached hydrogen (secondary N) is 2. The highest BCUT2D eigenvalue weighted by molar-refractivity contribution is 7.90. The first kappa shape index (κ1) is 45.8. The minimum absolute atomic E-state index is 0.0213. The second-order valence-corrected chi connectivity index (χ2v) is 21.9. The third-order valence-electron chi connectivity index (χ3n) is 14.2. The van der Waals surface area contributed by atoms with Crippen molar-refractivity contribution in [3.8, 4) is 11.5 Å². The van der Waals surface area contributed by atoms with E-state index < -0.39 is 26.5 Å². The van der Waals surface area contributed by atoms with Gasteiger partial charge in [-0.15, -0.1) is 0 Å². The summed E-state index contributed by atoms with van der Waals surface area (Å²) in [5.41, 5.74) is 6.02. The summed E-state index contributed by atoms with van der Waals surface area (Å²) < 4.78 is 36.6. The largest absolute Gasteiger partial charge is 0.455 e. The van der Waals surface area contributed by atoms with Crippen LogP contribution in [0.4, 0.5) is 11.4 Å². The number of hydrogen-bond donors (Lipinski definition) is 3. The van der Waals surface area contributed by atoms with Gasteiger partial charge in [0.1, 0.15) is 17.1 Å². The van der Waals surface area contributed by atoms with Gasteiger partial charge >= 0.3 is 0 Å². The number of aromatic nitrogens is 2. The molecule has 4 heterocycles. The number of halogens is 1. The average Bonchev–Trinajstić information content (AvgIpc) is 3.93. The lowest BCUT2D eigenvalue weighted by atomic mass is 9.72. The number of sulfonamides is 1. The number of fused-ring (bicyclic) bond motifs is 2. The van der Waals surface area contributed by atoms with E-state index in [0.29, 0.717) is 48.2 Å². The molecule has 5 aromatic rings. The highest BCUT2D eigenvalue weighted by atomic mass is 35.5. The fourth-order valence-electron chi connectivity index (χ4n) is 10.1. The standard InChI is InChI=1S/C50H58ClN7O7S/c1-49(2)13-10-36(44(30-49)34-4-6-38(51)7-5-34)32-56-20-22-57(23-21-56)39-8-9-42(46(28-39)65-40-26-35-11-16-52-47(35)53-31-40)48(59)54-66(63,64)41-27-37-24-33(25-43(37)45(29-41)58(61)62)12-17-55-18-14-50(3,60)15-19-55/h4-9,11,16,26-29,31,33,60H,10,12-15,17-25,30,32H2,1-3H3,(H,52,53)(H,54,59)/t33-/m0/s1. The molecule has 0 saturated carbocycles. The Bertz CT molecular complexity index is 2790. The maximum absolute atomic E-state index is 14.1. The Morgan fingerprint density at radius 3 is 2.47 bits per heavy atom. The van der Waals surface area contributed by atoms with E-state index in [9.17, 15) is 28.4 Å². The van der Waals surface area contributed by atoms with Crippen LogP contribution in [-0.4, -0.2) is 102 Å². The number of nitro groups is 1. The molecule has 2 aliphatic heterocycles. The van der Waals surface area contributed by atoms with Gasteiger partial charge in [-0.3, -0.25) is 19.8 Å². The van der Waals surface area contributed by atoms with Crippen molar-refractivity contribution >= 4 is 55.5 Å².